The van der Waals surface area contributed by atoms with Crippen LogP contribution in [0, 0.1) is 6.92 Å². The molecule has 1 fully saturated rings. The Hall–Kier alpha value is -2.47. The lowest BCUT2D eigenvalue weighted by atomic mass is 10.1. The first-order valence-corrected chi connectivity index (χ1v) is 7.08. The molecule has 0 aliphatic carbocycles. The number of fused-ring (bicyclic) bond motifs is 1. The molecule has 2 heterocycles. The van der Waals surface area contributed by atoms with E-state index in [4.69, 9.17) is 9.84 Å². The van der Waals surface area contributed by atoms with Gasteiger partial charge in [-0.25, -0.2) is 9.78 Å². The average molecular weight is 300 g/mol. The topological polar surface area (TPSA) is 88.5 Å². The van der Waals surface area contributed by atoms with E-state index in [1.165, 1.54) is 0 Å². The van der Waals surface area contributed by atoms with Gasteiger partial charge in [-0.3, -0.25) is 4.79 Å². The van der Waals surface area contributed by atoms with E-state index in [1.54, 1.807) is 6.07 Å². The van der Waals surface area contributed by atoms with Crippen LogP contribution in [-0.4, -0.2) is 40.7 Å². The van der Waals surface area contributed by atoms with Crippen molar-refractivity contribution < 1.29 is 19.4 Å². The number of para-hydroxylation sites is 1. The number of aryl methyl sites for hydroxylation is 1. The summed E-state index contributed by atoms with van der Waals surface area (Å²) in [4.78, 5) is 27.8. The number of hydrogen-bond donors (Lipinski definition) is 2. The van der Waals surface area contributed by atoms with Gasteiger partial charge in [-0.2, -0.15) is 0 Å². The first-order valence-electron chi connectivity index (χ1n) is 7.08. The number of benzene rings is 1. The second-order valence-corrected chi connectivity index (χ2v) is 5.34. The maximum absolute atomic E-state index is 12.3. The van der Waals surface area contributed by atoms with Crippen molar-refractivity contribution in [3.63, 3.8) is 0 Å². The first-order chi connectivity index (χ1) is 10.6. The zero-order valence-corrected chi connectivity index (χ0v) is 12.1. The Morgan fingerprint density at radius 3 is 2.91 bits per heavy atom. The highest BCUT2D eigenvalue weighted by Crippen LogP contribution is 2.18. The lowest BCUT2D eigenvalue weighted by Gasteiger charge is -2.16. The van der Waals surface area contributed by atoms with E-state index in [-0.39, 0.29) is 11.6 Å². The van der Waals surface area contributed by atoms with Crippen LogP contribution in [0.2, 0.25) is 0 Å². The van der Waals surface area contributed by atoms with Crippen molar-refractivity contribution >= 4 is 22.8 Å². The predicted octanol–water partition coefficient (Wildman–Crippen LogP) is 1.52. The molecular weight excluding hydrogens is 284 g/mol. The van der Waals surface area contributed by atoms with E-state index in [0.29, 0.717) is 13.0 Å². The third-order valence-corrected chi connectivity index (χ3v) is 3.81. The molecule has 6 heteroatoms. The van der Waals surface area contributed by atoms with Gasteiger partial charge < -0.3 is 15.2 Å². The minimum absolute atomic E-state index is 0.284. The number of aliphatic carboxylic acids is 1. The zero-order chi connectivity index (χ0) is 15.7. The molecule has 22 heavy (non-hydrogen) atoms. The van der Waals surface area contributed by atoms with Crippen molar-refractivity contribution in [2.45, 2.75) is 25.5 Å². The summed E-state index contributed by atoms with van der Waals surface area (Å²) in [5.41, 5.74) is 1.98. The number of carboxylic acids is 1. The summed E-state index contributed by atoms with van der Waals surface area (Å²) in [5, 5.41) is 12.8. The van der Waals surface area contributed by atoms with Crippen molar-refractivity contribution in [1.29, 1.82) is 0 Å². The SMILES string of the molecule is Cc1cc(C(=O)N[C@@H]2CCO[C@@H]2C(=O)O)nc2ccccc12. The second-order valence-electron chi connectivity index (χ2n) is 5.34. The Balaban J connectivity index is 1.85. The molecule has 1 amide bonds. The van der Waals surface area contributed by atoms with E-state index in [2.05, 4.69) is 10.3 Å². The lowest BCUT2D eigenvalue weighted by Crippen LogP contribution is -2.44. The van der Waals surface area contributed by atoms with Gasteiger partial charge in [-0.15, -0.1) is 0 Å². The molecule has 2 N–H and O–H groups in total. The van der Waals surface area contributed by atoms with Gasteiger partial charge >= 0.3 is 5.97 Å². The monoisotopic (exact) mass is 300 g/mol. The van der Waals surface area contributed by atoms with E-state index < -0.39 is 18.1 Å². The summed E-state index contributed by atoms with van der Waals surface area (Å²) in [5.74, 6) is -1.44. The van der Waals surface area contributed by atoms with E-state index >= 15 is 0 Å². The Kier molecular flexibility index (Phi) is 3.77. The molecule has 1 aromatic heterocycles. The molecule has 2 atom stereocenters. The Labute approximate surface area is 127 Å². The van der Waals surface area contributed by atoms with Gasteiger partial charge in [0.25, 0.3) is 5.91 Å². The van der Waals surface area contributed by atoms with Crippen LogP contribution in [0.15, 0.2) is 30.3 Å². The van der Waals surface area contributed by atoms with Crippen molar-refractivity contribution in [1.82, 2.24) is 10.3 Å². The molecule has 0 unspecified atom stereocenters. The number of pyridine rings is 1. The molecule has 0 radical (unpaired) electrons. The van der Waals surface area contributed by atoms with E-state index in [9.17, 15) is 9.59 Å². The Morgan fingerprint density at radius 1 is 1.36 bits per heavy atom. The average Bonchev–Trinajstić information content (AvgIpc) is 2.95. The number of carboxylic acid groups (broad SMARTS) is 1. The summed E-state index contributed by atoms with van der Waals surface area (Å²) < 4.78 is 5.12. The van der Waals surface area contributed by atoms with Crippen LogP contribution in [-0.2, 0) is 9.53 Å². The fraction of sp³-hybridized carbons (Fsp3) is 0.312. The highest BCUT2D eigenvalue weighted by Gasteiger charge is 2.35. The molecule has 0 spiro atoms. The van der Waals surface area contributed by atoms with Gasteiger partial charge in [0.05, 0.1) is 11.6 Å². The van der Waals surface area contributed by atoms with Gasteiger partial charge in [0.2, 0.25) is 0 Å². The van der Waals surface area contributed by atoms with Crippen LogP contribution in [0.3, 0.4) is 0 Å². The van der Waals surface area contributed by atoms with Crippen molar-refractivity contribution in [3.8, 4) is 0 Å². The number of rotatable bonds is 3. The summed E-state index contributed by atoms with van der Waals surface area (Å²) in [7, 11) is 0. The number of carbonyl (C=O) groups is 2. The summed E-state index contributed by atoms with van der Waals surface area (Å²) in [6.07, 6.45) is -0.513. The van der Waals surface area contributed by atoms with Gasteiger partial charge in [0, 0.05) is 12.0 Å². The summed E-state index contributed by atoms with van der Waals surface area (Å²) >= 11 is 0. The zero-order valence-electron chi connectivity index (χ0n) is 12.1. The molecule has 1 aliphatic heterocycles. The maximum Gasteiger partial charge on any atom is 0.334 e. The maximum atomic E-state index is 12.3. The predicted molar refractivity (Wildman–Crippen MR) is 79.7 cm³/mol. The molecule has 1 aromatic carbocycles. The second kappa shape index (κ2) is 5.73. The highest BCUT2D eigenvalue weighted by molar-refractivity contribution is 5.96. The molecule has 0 bridgehead atoms. The van der Waals surface area contributed by atoms with Crippen LogP contribution >= 0.6 is 0 Å². The molecule has 2 aromatic rings. The van der Waals surface area contributed by atoms with E-state index in [1.807, 2.05) is 31.2 Å². The smallest absolute Gasteiger partial charge is 0.334 e. The largest absolute Gasteiger partial charge is 0.479 e. The molecule has 0 saturated carbocycles. The van der Waals surface area contributed by atoms with Gasteiger partial charge in [0.1, 0.15) is 5.69 Å². The molecule has 1 saturated heterocycles. The van der Waals surface area contributed by atoms with Crippen LogP contribution in [0.25, 0.3) is 10.9 Å². The minimum atomic E-state index is -1.06. The van der Waals surface area contributed by atoms with Crippen LogP contribution in [0.4, 0.5) is 0 Å². The van der Waals surface area contributed by atoms with Crippen molar-refractivity contribution in [2.24, 2.45) is 0 Å². The van der Waals surface area contributed by atoms with Gasteiger partial charge in [-0.05, 0) is 31.0 Å². The molecule has 3 rings (SSSR count). The normalized spacial score (nSPS) is 21.0. The van der Waals surface area contributed by atoms with Gasteiger partial charge in [0.15, 0.2) is 6.10 Å². The van der Waals surface area contributed by atoms with Crippen molar-refractivity contribution in [3.05, 3.63) is 41.6 Å². The number of ether oxygens (including phenoxy) is 1. The number of nitrogens with zero attached hydrogens (tertiary/aromatic N) is 1. The quantitative estimate of drug-likeness (QED) is 0.897. The first kappa shape index (κ1) is 14.5. The van der Waals surface area contributed by atoms with Gasteiger partial charge in [-0.1, -0.05) is 18.2 Å². The molecular formula is C16H16N2O4. The number of hydrogen-bond acceptors (Lipinski definition) is 4. The third kappa shape index (κ3) is 2.65. The molecule has 6 nitrogen and oxygen atoms in total. The van der Waals surface area contributed by atoms with Crippen LogP contribution < -0.4 is 5.32 Å². The lowest BCUT2D eigenvalue weighted by molar-refractivity contribution is -0.148. The number of nitrogens with one attached hydrogen (secondary N) is 1. The summed E-state index contributed by atoms with van der Waals surface area (Å²) in [6.45, 7) is 2.24. The van der Waals surface area contributed by atoms with Crippen LogP contribution in [0.1, 0.15) is 22.5 Å². The minimum Gasteiger partial charge on any atom is -0.479 e. The summed E-state index contributed by atoms with van der Waals surface area (Å²) in [6, 6.07) is 8.76. The fourth-order valence-electron chi connectivity index (χ4n) is 2.69. The fourth-order valence-corrected chi connectivity index (χ4v) is 2.69. The standard InChI is InChI=1S/C16H16N2O4/c1-9-8-13(17-11-5-3-2-4-10(9)11)15(19)18-12-6-7-22-14(12)16(20)21/h2-5,8,12,14H,6-7H2,1H3,(H,18,19)(H,20,21)/t12-,14+/m1/s1. The number of aromatic nitrogens is 1. The Morgan fingerprint density at radius 2 is 2.14 bits per heavy atom. The number of amides is 1. The highest BCUT2D eigenvalue weighted by atomic mass is 16.5. The van der Waals surface area contributed by atoms with E-state index in [0.717, 1.165) is 16.5 Å². The Bertz CT molecular complexity index is 744. The van der Waals surface area contributed by atoms with Crippen molar-refractivity contribution in [2.75, 3.05) is 6.61 Å². The third-order valence-electron chi connectivity index (χ3n) is 3.81. The number of carbonyl (C=O) groups excluding carboxylic acids is 1. The molecule has 1 aliphatic rings. The van der Waals surface area contributed by atoms with Crippen LogP contribution in [0.5, 0.6) is 0 Å². The molecule has 114 valence electrons.